The van der Waals surface area contributed by atoms with E-state index in [0.29, 0.717) is 12.3 Å². The summed E-state index contributed by atoms with van der Waals surface area (Å²) < 4.78 is 18.3. The second-order valence-corrected chi connectivity index (χ2v) is 5.49. The van der Waals surface area contributed by atoms with Crippen molar-refractivity contribution < 1.29 is 13.9 Å². The highest BCUT2D eigenvalue weighted by atomic mass is 19.1. The molecule has 0 saturated heterocycles. The van der Waals surface area contributed by atoms with Crippen molar-refractivity contribution in [2.24, 2.45) is 0 Å². The topological polar surface area (TPSA) is 41.6 Å². The van der Waals surface area contributed by atoms with E-state index in [2.05, 4.69) is 5.32 Å². The van der Waals surface area contributed by atoms with Crippen LogP contribution < -0.4 is 15.0 Å². The number of rotatable bonds is 6. The van der Waals surface area contributed by atoms with Gasteiger partial charge in [-0.05, 0) is 48.9 Å². The minimum Gasteiger partial charge on any atom is -0.481 e. The number of hydrogen-bond donors (Lipinski definition) is 1. The zero-order chi connectivity index (χ0) is 16.8. The van der Waals surface area contributed by atoms with Crippen molar-refractivity contribution in [1.82, 2.24) is 5.32 Å². The predicted molar refractivity (Wildman–Crippen MR) is 89.1 cm³/mol. The number of carbonyl (C=O) groups is 1. The smallest absolute Gasteiger partial charge is 0.261 e. The fourth-order valence-corrected chi connectivity index (χ4v) is 2.02. The Kier molecular flexibility index (Phi) is 5.57. The fraction of sp³-hybridized carbons (Fsp3) is 0.278. The number of nitrogens with zero attached hydrogens (tertiary/aromatic N) is 1. The van der Waals surface area contributed by atoms with Crippen LogP contribution in [0.3, 0.4) is 0 Å². The summed E-state index contributed by atoms with van der Waals surface area (Å²) >= 11 is 0. The first-order valence-corrected chi connectivity index (χ1v) is 7.42. The van der Waals surface area contributed by atoms with Gasteiger partial charge in [0, 0.05) is 26.3 Å². The van der Waals surface area contributed by atoms with Crippen LogP contribution in [0.1, 0.15) is 12.5 Å². The highest BCUT2D eigenvalue weighted by Crippen LogP contribution is 2.14. The van der Waals surface area contributed by atoms with Gasteiger partial charge in [-0.3, -0.25) is 4.79 Å². The number of carbonyl (C=O) groups excluding carboxylic acids is 1. The first-order valence-electron chi connectivity index (χ1n) is 7.42. The molecule has 2 rings (SSSR count). The molecule has 0 aliphatic heterocycles. The first kappa shape index (κ1) is 16.8. The molecule has 0 radical (unpaired) electrons. The summed E-state index contributed by atoms with van der Waals surface area (Å²) in [5.74, 6) is -0.0916. The van der Waals surface area contributed by atoms with E-state index < -0.39 is 6.10 Å². The molecule has 1 N–H and O–H groups in total. The van der Waals surface area contributed by atoms with Gasteiger partial charge >= 0.3 is 0 Å². The zero-order valence-electron chi connectivity index (χ0n) is 13.5. The SMILES string of the molecule is CC(Oc1ccc(F)cc1)C(=O)NCc1ccc(N(C)C)cc1. The molecule has 23 heavy (non-hydrogen) atoms. The molecular weight excluding hydrogens is 295 g/mol. The Morgan fingerprint density at radius 1 is 1.13 bits per heavy atom. The summed E-state index contributed by atoms with van der Waals surface area (Å²) in [6.45, 7) is 2.09. The Hall–Kier alpha value is -2.56. The van der Waals surface area contributed by atoms with Gasteiger partial charge in [0.05, 0.1) is 0 Å². The van der Waals surface area contributed by atoms with Gasteiger partial charge in [-0.2, -0.15) is 0 Å². The number of halogens is 1. The molecule has 1 amide bonds. The van der Waals surface area contributed by atoms with Crippen molar-refractivity contribution >= 4 is 11.6 Å². The van der Waals surface area contributed by atoms with Crippen LogP contribution in [0, 0.1) is 5.82 Å². The lowest BCUT2D eigenvalue weighted by Crippen LogP contribution is -2.35. The predicted octanol–water partition coefficient (Wildman–Crippen LogP) is 2.98. The summed E-state index contributed by atoms with van der Waals surface area (Å²) in [6, 6.07) is 13.5. The largest absolute Gasteiger partial charge is 0.481 e. The number of anilines is 1. The van der Waals surface area contributed by atoms with Crippen LogP contribution in [0.5, 0.6) is 5.75 Å². The molecule has 0 bridgehead atoms. The molecule has 0 spiro atoms. The maximum atomic E-state index is 12.8. The Labute approximate surface area is 135 Å². The third kappa shape index (κ3) is 4.98. The van der Waals surface area contributed by atoms with Crippen molar-refractivity contribution in [3.63, 3.8) is 0 Å². The van der Waals surface area contributed by atoms with Gasteiger partial charge in [-0.1, -0.05) is 12.1 Å². The van der Waals surface area contributed by atoms with Crippen LogP contribution in [0.2, 0.25) is 0 Å². The van der Waals surface area contributed by atoms with Crippen molar-refractivity contribution in [2.45, 2.75) is 19.6 Å². The normalized spacial score (nSPS) is 11.7. The van der Waals surface area contributed by atoms with Gasteiger partial charge < -0.3 is 15.0 Å². The first-order chi connectivity index (χ1) is 11.0. The van der Waals surface area contributed by atoms with Gasteiger partial charge in [0.25, 0.3) is 5.91 Å². The van der Waals surface area contributed by atoms with Crippen LogP contribution in [0.25, 0.3) is 0 Å². The standard InChI is InChI=1S/C18H21FN2O2/c1-13(23-17-10-6-15(19)7-11-17)18(22)20-12-14-4-8-16(9-5-14)21(2)3/h4-11,13H,12H2,1-3H3,(H,20,22). The summed E-state index contributed by atoms with van der Waals surface area (Å²) in [5, 5.41) is 2.83. The monoisotopic (exact) mass is 316 g/mol. The summed E-state index contributed by atoms with van der Waals surface area (Å²) in [5.41, 5.74) is 2.12. The van der Waals surface area contributed by atoms with Crippen LogP contribution in [-0.4, -0.2) is 26.1 Å². The second kappa shape index (κ2) is 7.63. The second-order valence-electron chi connectivity index (χ2n) is 5.49. The lowest BCUT2D eigenvalue weighted by Gasteiger charge is -2.15. The molecular formula is C18H21FN2O2. The fourth-order valence-electron chi connectivity index (χ4n) is 2.02. The number of ether oxygens (including phenoxy) is 1. The van der Waals surface area contributed by atoms with Crippen molar-refractivity contribution in [2.75, 3.05) is 19.0 Å². The Bertz CT molecular complexity index is 639. The quantitative estimate of drug-likeness (QED) is 0.891. The molecule has 2 aromatic rings. The Morgan fingerprint density at radius 2 is 1.74 bits per heavy atom. The number of hydrogen-bond acceptors (Lipinski definition) is 3. The minimum atomic E-state index is -0.651. The van der Waals surface area contributed by atoms with E-state index in [1.165, 1.54) is 24.3 Å². The molecule has 5 heteroatoms. The van der Waals surface area contributed by atoms with E-state index >= 15 is 0 Å². The molecule has 1 unspecified atom stereocenters. The number of nitrogens with one attached hydrogen (secondary N) is 1. The average Bonchev–Trinajstić information content (AvgIpc) is 2.55. The van der Waals surface area contributed by atoms with Gasteiger partial charge in [-0.25, -0.2) is 4.39 Å². The van der Waals surface area contributed by atoms with Crippen molar-refractivity contribution in [3.8, 4) is 5.75 Å². The van der Waals surface area contributed by atoms with E-state index in [4.69, 9.17) is 4.74 Å². The molecule has 2 aromatic carbocycles. The van der Waals surface area contributed by atoms with Crippen LogP contribution >= 0.6 is 0 Å². The van der Waals surface area contributed by atoms with E-state index in [1.807, 2.05) is 43.3 Å². The third-order valence-corrected chi connectivity index (χ3v) is 3.42. The number of benzene rings is 2. The molecule has 0 saturated carbocycles. The molecule has 4 nitrogen and oxygen atoms in total. The molecule has 122 valence electrons. The average molecular weight is 316 g/mol. The maximum absolute atomic E-state index is 12.8. The van der Waals surface area contributed by atoms with Gasteiger partial charge in [-0.15, -0.1) is 0 Å². The third-order valence-electron chi connectivity index (χ3n) is 3.42. The molecule has 0 aliphatic rings. The summed E-state index contributed by atoms with van der Waals surface area (Å²) in [7, 11) is 3.95. The number of amides is 1. The minimum absolute atomic E-state index is 0.217. The van der Waals surface area contributed by atoms with Crippen LogP contribution in [0.15, 0.2) is 48.5 Å². The maximum Gasteiger partial charge on any atom is 0.261 e. The van der Waals surface area contributed by atoms with Gasteiger partial charge in [0.15, 0.2) is 6.10 Å². The van der Waals surface area contributed by atoms with E-state index in [1.54, 1.807) is 6.92 Å². The van der Waals surface area contributed by atoms with Crippen molar-refractivity contribution in [1.29, 1.82) is 0 Å². The highest BCUT2D eigenvalue weighted by molar-refractivity contribution is 5.80. The van der Waals surface area contributed by atoms with Crippen LogP contribution in [-0.2, 0) is 11.3 Å². The molecule has 1 atom stereocenters. The van der Waals surface area contributed by atoms with Crippen LogP contribution in [0.4, 0.5) is 10.1 Å². The Balaban J connectivity index is 1.84. The highest BCUT2D eigenvalue weighted by Gasteiger charge is 2.14. The van der Waals surface area contributed by atoms with E-state index in [0.717, 1.165) is 11.3 Å². The van der Waals surface area contributed by atoms with E-state index in [-0.39, 0.29) is 11.7 Å². The lowest BCUT2D eigenvalue weighted by atomic mass is 10.2. The Morgan fingerprint density at radius 3 is 2.30 bits per heavy atom. The summed E-state index contributed by atoms with van der Waals surface area (Å²) in [4.78, 5) is 14.1. The summed E-state index contributed by atoms with van der Waals surface area (Å²) in [6.07, 6.45) is -0.651. The molecule has 0 aromatic heterocycles. The molecule has 0 fully saturated rings. The molecule has 0 heterocycles. The van der Waals surface area contributed by atoms with Crippen molar-refractivity contribution in [3.05, 3.63) is 59.9 Å². The van der Waals surface area contributed by atoms with Gasteiger partial charge in [0.1, 0.15) is 11.6 Å². The van der Waals surface area contributed by atoms with Gasteiger partial charge in [0.2, 0.25) is 0 Å². The lowest BCUT2D eigenvalue weighted by molar-refractivity contribution is -0.127. The molecule has 0 aliphatic carbocycles. The zero-order valence-corrected chi connectivity index (χ0v) is 13.5. The van der Waals surface area contributed by atoms with E-state index in [9.17, 15) is 9.18 Å².